The first-order valence-electron chi connectivity index (χ1n) is 5.61. The van der Waals surface area contributed by atoms with Gasteiger partial charge in [0, 0.05) is 22.4 Å². The highest BCUT2D eigenvalue weighted by molar-refractivity contribution is 7.09. The Bertz CT molecular complexity index is 519. The number of nitrogens with one attached hydrogen (secondary N) is 1. The van der Waals surface area contributed by atoms with Crippen molar-refractivity contribution in [3.05, 3.63) is 39.8 Å². The molecule has 17 heavy (non-hydrogen) atoms. The molecule has 90 valence electrons. The Kier molecular flexibility index (Phi) is 3.33. The van der Waals surface area contributed by atoms with Crippen LogP contribution in [0.5, 0.6) is 0 Å². The second-order valence-corrected chi connectivity index (χ2v) is 5.15. The number of aromatic nitrogens is 1. The molecule has 0 aliphatic heterocycles. The second-order valence-electron chi connectivity index (χ2n) is 4.26. The molecule has 2 aromatic rings. The van der Waals surface area contributed by atoms with Gasteiger partial charge in [-0.05, 0) is 44.5 Å². The summed E-state index contributed by atoms with van der Waals surface area (Å²) in [5.41, 5.74) is 9.87. The van der Waals surface area contributed by atoms with Crippen LogP contribution in [0.3, 0.4) is 0 Å². The van der Waals surface area contributed by atoms with Crippen molar-refractivity contribution in [1.82, 2.24) is 4.98 Å². The van der Waals surface area contributed by atoms with Crippen LogP contribution < -0.4 is 11.1 Å². The Morgan fingerprint density at radius 1 is 1.35 bits per heavy atom. The number of rotatable bonds is 3. The Balaban J connectivity index is 2.12. The normalized spacial score (nSPS) is 12.4. The quantitative estimate of drug-likeness (QED) is 0.816. The van der Waals surface area contributed by atoms with Gasteiger partial charge in [-0.25, -0.2) is 4.98 Å². The molecule has 0 amide bonds. The molecule has 1 atom stereocenters. The standard InChI is InChI=1S/C13H17N3S/c1-8-6-11(4-5-12(8)14)16-10(3)13-15-9(2)7-17-13/h4-7,10,16H,14H2,1-3H3. The lowest BCUT2D eigenvalue weighted by atomic mass is 10.1. The molecular weight excluding hydrogens is 230 g/mol. The number of nitrogens with two attached hydrogens (primary N) is 1. The van der Waals surface area contributed by atoms with Gasteiger partial charge in [-0.15, -0.1) is 11.3 Å². The molecule has 0 aliphatic rings. The summed E-state index contributed by atoms with van der Waals surface area (Å²) in [7, 11) is 0. The summed E-state index contributed by atoms with van der Waals surface area (Å²) in [6.45, 7) is 6.14. The minimum Gasteiger partial charge on any atom is -0.399 e. The van der Waals surface area contributed by atoms with E-state index in [1.165, 1.54) is 0 Å². The molecule has 0 saturated carbocycles. The van der Waals surface area contributed by atoms with Gasteiger partial charge >= 0.3 is 0 Å². The van der Waals surface area contributed by atoms with Gasteiger partial charge in [0.15, 0.2) is 0 Å². The van der Waals surface area contributed by atoms with Crippen molar-refractivity contribution in [2.24, 2.45) is 0 Å². The number of nitrogen functional groups attached to an aromatic ring is 1. The van der Waals surface area contributed by atoms with E-state index in [4.69, 9.17) is 5.73 Å². The van der Waals surface area contributed by atoms with E-state index in [1.54, 1.807) is 11.3 Å². The Morgan fingerprint density at radius 3 is 2.71 bits per heavy atom. The zero-order valence-electron chi connectivity index (χ0n) is 10.3. The van der Waals surface area contributed by atoms with Crippen LogP contribution in [0.4, 0.5) is 11.4 Å². The Labute approximate surface area is 106 Å². The SMILES string of the molecule is Cc1csc(C(C)Nc2ccc(N)c(C)c2)n1. The molecule has 2 rings (SSSR count). The molecule has 3 N–H and O–H groups in total. The van der Waals surface area contributed by atoms with Crippen molar-refractivity contribution in [2.75, 3.05) is 11.1 Å². The van der Waals surface area contributed by atoms with Crippen molar-refractivity contribution in [1.29, 1.82) is 0 Å². The summed E-state index contributed by atoms with van der Waals surface area (Å²) in [5.74, 6) is 0. The molecule has 0 aliphatic carbocycles. The highest BCUT2D eigenvalue weighted by Crippen LogP contribution is 2.24. The van der Waals surface area contributed by atoms with Crippen molar-refractivity contribution in [3.8, 4) is 0 Å². The van der Waals surface area contributed by atoms with Crippen molar-refractivity contribution < 1.29 is 0 Å². The summed E-state index contributed by atoms with van der Waals surface area (Å²) in [5, 5.41) is 6.61. The number of hydrogen-bond acceptors (Lipinski definition) is 4. The fourth-order valence-corrected chi connectivity index (χ4v) is 2.45. The van der Waals surface area contributed by atoms with Gasteiger partial charge in [-0.2, -0.15) is 0 Å². The number of anilines is 2. The molecule has 1 aromatic carbocycles. The Hall–Kier alpha value is -1.55. The van der Waals surface area contributed by atoms with Crippen LogP contribution in [0.1, 0.15) is 29.2 Å². The van der Waals surface area contributed by atoms with E-state index in [0.29, 0.717) is 0 Å². The van der Waals surface area contributed by atoms with Gasteiger partial charge in [-0.1, -0.05) is 0 Å². The molecule has 0 saturated heterocycles. The predicted molar refractivity (Wildman–Crippen MR) is 74.5 cm³/mol. The van der Waals surface area contributed by atoms with E-state index in [2.05, 4.69) is 28.7 Å². The lowest BCUT2D eigenvalue weighted by Gasteiger charge is -2.13. The molecule has 0 spiro atoms. The van der Waals surface area contributed by atoms with Gasteiger partial charge in [0.1, 0.15) is 5.01 Å². The maximum Gasteiger partial charge on any atom is 0.115 e. The van der Waals surface area contributed by atoms with Crippen LogP contribution in [-0.4, -0.2) is 4.98 Å². The maximum absolute atomic E-state index is 5.80. The average Bonchev–Trinajstić information content (AvgIpc) is 2.70. The lowest BCUT2D eigenvalue weighted by molar-refractivity contribution is 0.864. The zero-order chi connectivity index (χ0) is 12.4. The summed E-state index contributed by atoms with van der Waals surface area (Å²) >= 11 is 1.69. The number of aryl methyl sites for hydroxylation is 2. The maximum atomic E-state index is 5.80. The van der Waals surface area contributed by atoms with Gasteiger partial charge in [0.25, 0.3) is 0 Å². The van der Waals surface area contributed by atoms with Crippen molar-refractivity contribution in [2.45, 2.75) is 26.8 Å². The first-order valence-corrected chi connectivity index (χ1v) is 6.49. The lowest BCUT2D eigenvalue weighted by Crippen LogP contribution is -2.06. The first kappa shape index (κ1) is 11.9. The molecular formula is C13H17N3S. The van der Waals surface area contributed by atoms with E-state index in [9.17, 15) is 0 Å². The van der Waals surface area contributed by atoms with Gasteiger partial charge in [0.05, 0.1) is 6.04 Å². The van der Waals surface area contributed by atoms with Crippen LogP contribution in [0.15, 0.2) is 23.6 Å². The summed E-state index contributed by atoms with van der Waals surface area (Å²) in [4.78, 5) is 4.48. The monoisotopic (exact) mass is 247 g/mol. The minimum absolute atomic E-state index is 0.219. The van der Waals surface area contributed by atoms with Crippen LogP contribution in [0.2, 0.25) is 0 Å². The van der Waals surface area contributed by atoms with E-state index < -0.39 is 0 Å². The third kappa shape index (κ3) is 2.77. The molecule has 1 unspecified atom stereocenters. The molecule has 1 heterocycles. The number of hydrogen-bond donors (Lipinski definition) is 2. The van der Waals surface area contributed by atoms with Crippen molar-refractivity contribution >= 4 is 22.7 Å². The minimum atomic E-state index is 0.219. The van der Waals surface area contributed by atoms with Gasteiger partial charge in [0.2, 0.25) is 0 Å². The average molecular weight is 247 g/mol. The molecule has 0 fully saturated rings. The van der Waals surface area contributed by atoms with Crippen LogP contribution in [0.25, 0.3) is 0 Å². The molecule has 0 radical (unpaired) electrons. The summed E-state index contributed by atoms with van der Waals surface area (Å²) in [6, 6.07) is 6.21. The molecule has 0 bridgehead atoms. The molecule has 3 nitrogen and oxygen atoms in total. The number of nitrogens with zero attached hydrogens (tertiary/aromatic N) is 1. The van der Waals surface area contributed by atoms with Gasteiger partial charge in [-0.3, -0.25) is 0 Å². The van der Waals surface area contributed by atoms with Crippen LogP contribution in [0, 0.1) is 13.8 Å². The largest absolute Gasteiger partial charge is 0.399 e. The fraction of sp³-hybridized carbons (Fsp3) is 0.308. The Morgan fingerprint density at radius 2 is 2.12 bits per heavy atom. The molecule has 1 aromatic heterocycles. The zero-order valence-corrected chi connectivity index (χ0v) is 11.1. The fourth-order valence-electron chi connectivity index (χ4n) is 1.65. The van der Waals surface area contributed by atoms with E-state index in [0.717, 1.165) is 27.6 Å². The highest BCUT2D eigenvalue weighted by atomic mass is 32.1. The smallest absolute Gasteiger partial charge is 0.115 e. The third-order valence-corrected chi connectivity index (χ3v) is 3.81. The van der Waals surface area contributed by atoms with E-state index >= 15 is 0 Å². The highest BCUT2D eigenvalue weighted by Gasteiger charge is 2.09. The third-order valence-electron chi connectivity index (χ3n) is 2.66. The van der Waals surface area contributed by atoms with E-state index in [1.807, 2.05) is 26.0 Å². The second kappa shape index (κ2) is 4.75. The number of benzene rings is 1. The van der Waals surface area contributed by atoms with Gasteiger partial charge < -0.3 is 11.1 Å². The van der Waals surface area contributed by atoms with Crippen LogP contribution in [-0.2, 0) is 0 Å². The number of thiazole rings is 1. The summed E-state index contributed by atoms with van der Waals surface area (Å²) < 4.78 is 0. The summed E-state index contributed by atoms with van der Waals surface area (Å²) in [6.07, 6.45) is 0. The van der Waals surface area contributed by atoms with E-state index in [-0.39, 0.29) is 6.04 Å². The molecule has 4 heteroatoms. The van der Waals surface area contributed by atoms with Crippen molar-refractivity contribution in [3.63, 3.8) is 0 Å². The topological polar surface area (TPSA) is 50.9 Å². The van der Waals surface area contributed by atoms with Crippen LogP contribution >= 0.6 is 11.3 Å². The first-order chi connectivity index (χ1) is 8.06. The predicted octanol–water partition coefficient (Wildman–Crippen LogP) is 3.52.